The third kappa shape index (κ3) is 2.46. The summed E-state index contributed by atoms with van der Waals surface area (Å²) >= 11 is 0. The Balaban J connectivity index is 1.80. The second-order valence-electron chi connectivity index (χ2n) is 4.97. The Morgan fingerprint density at radius 2 is 1.95 bits per heavy atom. The smallest absolute Gasteiger partial charge is 0.379 e. The van der Waals surface area contributed by atoms with Crippen molar-refractivity contribution in [1.29, 1.82) is 0 Å². The predicted octanol–water partition coefficient (Wildman–Crippen LogP) is 2.24. The van der Waals surface area contributed by atoms with Crippen molar-refractivity contribution >= 4 is 5.95 Å². The number of alkyl halides is 3. The molecule has 2 heterocycles. The molecule has 1 unspecified atom stereocenters. The molecule has 1 N–H and O–H groups in total. The van der Waals surface area contributed by atoms with Gasteiger partial charge in [0, 0.05) is 18.5 Å². The fourth-order valence-electron chi connectivity index (χ4n) is 2.24. The summed E-state index contributed by atoms with van der Waals surface area (Å²) < 4.78 is 43.3. The van der Waals surface area contributed by atoms with E-state index in [0.717, 1.165) is 0 Å². The topological polar surface area (TPSA) is 62.4 Å². The highest BCUT2D eigenvalue weighted by atomic mass is 19.4. The first-order valence-corrected chi connectivity index (χ1v) is 6.32. The van der Waals surface area contributed by atoms with Crippen molar-refractivity contribution < 1.29 is 22.8 Å². The van der Waals surface area contributed by atoms with Crippen LogP contribution in [0.25, 0.3) is 11.5 Å². The molecule has 0 radical (unpaired) electrons. The zero-order chi connectivity index (χ0) is 15.1. The monoisotopic (exact) mass is 299 g/mol. The van der Waals surface area contributed by atoms with Crippen LogP contribution in [0.4, 0.5) is 19.1 Å². The Kier molecular flexibility index (Phi) is 3.12. The molecule has 8 heteroatoms. The van der Waals surface area contributed by atoms with Gasteiger partial charge in [-0.25, -0.2) is 0 Å². The number of rotatable bonds is 2. The van der Waals surface area contributed by atoms with E-state index in [4.69, 9.17) is 4.52 Å². The predicted molar refractivity (Wildman–Crippen MR) is 67.6 cm³/mol. The molecule has 1 aromatic carbocycles. The molecule has 0 spiro atoms. The molecule has 0 aliphatic carbocycles. The molecule has 1 fully saturated rings. The van der Waals surface area contributed by atoms with Crippen molar-refractivity contribution in [2.24, 2.45) is 0 Å². The van der Waals surface area contributed by atoms with Crippen LogP contribution in [0.2, 0.25) is 0 Å². The van der Waals surface area contributed by atoms with Crippen LogP contribution in [-0.4, -0.2) is 40.1 Å². The van der Waals surface area contributed by atoms with Crippen molar-refractivity contribution in [1.82, 2.24) is 10.1 Å². The fourth-order valence-corrected chi connectivity index (χ4v) is 2.24. The van der Waals surface area contributed by atoms with Crippen LogP contribution in [0, 0.1) is 0 Å². The van der Waals surface area contributed by atoms with Crippen LogP contribution in [0.1, 0.15) is 6.42 Å². The lowest BCUT2D eigenvalue weighted by Crippen LogP contribution is -2.47. The first-order valence-electron chi connectivity index (χ1n) is 6.32. The number of anilines is 1. The Labute approximate surface area is 118 Å². The van der Waals surface area contributed by atoms with Crippen molar-refractivity contribution in [3.05, 3.63) is 30.3 Å². The van der Waals surface area contributed by atoms with Gasteiger partial charge in [0.2, 0.25) is 0 Å². The van der Waals surface area contributed by atoms with Gasteiger partial charge in [0.1, 0.15) is 0 Å². The third-order valence-electron chi connectivity index (χ3n) is 3.49. The van der Waals surface area contributed by atoms with E-state index < -0.39 is 24.7 Å². The minimum absolute atomic E-state index is 0.0176. The van der Waals surface area contributed by atoms with Crippen LogP contribution < -0.4 is 4.90 Å². The number of hydrogen-bond acceptors (Lipinski definition) is 5. The summed E-state index contributed by atoms with van der Waals surface area (Å²) in [7, 11) is 0. The summed E-state index contributed by atoms with van der Waals surface area (Å²) in [6.07, 6.45) is -5.08. The lowest BCUT2D eigenvalue weighted by molar-refractivity contribution is -0.250. The number of hydrogen-bond donors (Lipinski definition) is 1. The van der Waals surface area contributed by atoms with Gasteiger partial charge in [-0.3, -0.25) is 0 Å². The summed E-state index contributed by atoms with van der Waals surface area (Å²) in [6.45, 7) is -0.575. The molecule has 112 valence electrons. The van der Waals surface area contributed by atoms with Crippen molar-refractivity contribution in [2.75, 3.05) is 18.0 Å². The third-order valence-corrected chi connectivity index (χ3v) is 3.49. The number of benzene rings is 1. The minimum Gasteiger partial charge on any atom is -0.379 e. The molecule has 1 aliphatic rings. The molecule has 0 amide bonds. The van der Waals surface area contributed by atoms with Crippen LogP contribution in [-0.2, 0) is 0 Å². The lowest BCUT2D eigenvalue weighted by Gasteiger charge is -2.25. The number of β-amino-alcohol motifs (C(OH)–C–C–N with tert-alkyl or cyclic N) is 1. The van der Waals surface area contributed by atoms with Gasteiger partial charge in [0.05, 0.1) is 6.54 Å². The number of aliphatic hydroxyl groups is 1. The van der Waals surface area contributed by atoms with Gasteiger partial charge < -0.3 is 14.5 Å². The lowest BCUT2D eigenvalue weighted by atomic mass is 10.0. The van der Waals surface area contributed by atoms with Gasteiger partial charge in [0.15, 0.2) is 5.60 Å². The van der Waals surface area contributed by atoms with Gasteiger partial charge >= 0.3 is 6.18 Å². The Hall–Kier alpha value is -2.09. The summed E-state index contributed by atoms with van der Waals surface area (Å²) in [4.78, 5) is 5.35. The average Bonchev–Trinajstić information content (AvgIpc) is 3.06. The molecular formula is C13H12F3N3O2. The summed E-state index contributed by atoms with van der Waals surface area (Å²) in [5.41, 5.74) is -2.04. The highest BCUT2D eigenvalue weighted by Crippen LogP contribution is 2.38. The number of aromatic nitrogens is 2. The number of halogens is 3. The first-order chi connectivity index (χ1) is 9.89. The van der Waals surface area contributed by atoms with Gasteiger partial charge in [-0.15, -0.1) is 0 Å². The zero-order valence-corrected chi connectivity index (χ0v) is 10.8. The number of nitrogens with zero attached hydrogens (tertiary/aromatic N) is 3. The van der Waals surface area contributed by atoms with Gasteiger partial charge in [-0.1, -0.05) is 18.2 Å². The Morgan fingerprint density at radius 1 is 1.24 bits per heavy atom. The maximum atomic E-state index is 12.8. The van der Waals surface area contributed by atoms with Crippen LogP contribution >= 0.6 is 0 Å². The molecule has 3 rings (SSSR count). The molecule has 0 bridgehead atoms. The molecule has 0 saturated carbocycles. The highest BCUT2D eigenvalue weighted by Gasteiger charge is 2.57. The van der Waals surface area contributed by atoms with E-state index in [1.54, 1.807) is 24.3 Å². The van der Waals surface area contributed by atoms with Crippen molar-refractivity contribution in [3.8, 4) is 11.5 Å². The second kappa shape index (κ2) is 4.73. The zero-order valence-electron chi connectivity index (χ0n) is 10.8. The molecule has 5 nitrogen and oxygen atoms in total. The van der Waals surface area contributed by atoms with E-state index in [0.29, 0.717) is 5.56 Å². The average molecular weight is 299 g/mol. The van der Waals surface area contributed by atoms with Gasteiger partial charge in [-0.2, -0.15) is 18.2 Å². The van der Waals surface area contributed by atoms with Gasteiger partial charge in [-0.05, 0) is 17.3 Å². The van der Waals surface area contributed by atoms with Crippen molar-refractivity contribution in [2.45, 2.75) is 18.2 Å². The molecule has 1 aliphatic heterocycles. The minimum atomic E-state index is -4.67. The standard InChI is InChI=1S/C13H12F3N3O2/c14-13(15,16)12(20)6-7-19(8-12)11-17-10(21-18-11)9-4-2-1-3-5-9/h1-5,20H,6-8H2. The van der Waals surface area contributed by atoms with E-state index in [1.807, 2.05) is 6.07 Å². The van der Waals surface area contributed by atoms with Crippen LogP contribution in [0.5, 0.6) is 0 Å². The van der Waals surface area contributed by atoms with E-state index in [9.17, 15) is 18.3 Å². The van der Waals surface area contributed by atoms with E-state index >= 15 is 0 Å². The molecule has 1 saturated heterocycles. The quantitative estimate of drug-likeness (QED) is 0.921. The molecule has 1 atom stereocenters. The second-order valence-corrected chi connectivity index (χ2v) is 4.97. The molecule has 21 heavy (non-hydrogen) atoms. The Bertz CT molecular complexity index is 629. The first kappa shape index (κ1) is 13.9. The Morgan fingerprint density at radius 3 is 2.57 bits per heavy atom. The molecule has 2 aromatic rings. The van der Waals surface area contributed by atoms with Crippen molar-refractivity contribution in [3.63, 3.8) is 0 Å². The van der Waals surface area contributed by atoms with E-state index in [1.165, 1.54) is 4.90 Å². The van der Waals surface area contributed by atoms with Gasteiger partial charge in [0.25, 0.3) is 11.8 Å². The summed E-state index contributed by atoms with van der Waals surface area (Å²) in [6, 6.07) is 8.92. The van der Waals surface area contributed by atoms with Crippen LogP contribution in [0.15, 0.2) is 34.9 Å². The van der Waals surface area contributed by atoms with E-state index in [-0.39, 0.29) is 18.4 Å². The molecule has 1 aromatic heterocycles. The van der Waals surface area contributed by atoms with E-state index in [2.05, 4.69) is 10.1 Å². The fraction of sp³-hybridized carbons (Fsp3) is 0.385. The maximum Gasteiger partial charge on any atom is 0.419 e. The van der Waals surface area contributed by atoms with Crippen LogP contribution in [0.3, 0.4) is 0 Å². The highest BCUT2D eigenvalue weighted by molar-refractivity contribution is 5.54. The largest absolute Gasteiger partial charge is 0.419 e. The normalized spacial score (nSPS) is 22.8. The summed E-state index contributed by atoms with van der Waals surface area (Å²) in [5.74, 6) is 0.280. The molecular weight excluding hydrogens is 287 g/mol. The summed E-state index contributed by atoms with van der Waals surface area (Å²) in [5, 5.41) is 13.3. The SMILES string of the molecule is OC1(C(F)(F)F)CCN(c2noc(-c3ccccc3)n2)C1. The maximum absolute atomic E-state index is 12.8.